The van der Waals surface area contributed by atoms with Crippen LogP contribution in [0.25, 0.3) is 0 Å². The fourth-order valence-electron chi connectivity index (χ4n) is 1.91. The van der Waals surface area contributed by atoms with E-state index < -0.39 is 8.25 Å². The molecule has 0 aromatic carbocycles. The molecule has 0 aliphatic rings. The zero-order valence-electron chi connectivity index (χ0n) is 11.7. The maximum Gasteiger partial charge on any atom is 0.692 e. The Morgan fingerprint density at radius 2 is 1.06 bits per heavy atom. The van der Waals surface area contributed by atoms with E-state index in [1.165, 1.54) is 57.8 Å². The molecule has 0 saturated carbocycles. The highest BCUT2D eigenvalue weighted by atomic mass is 31.1. The van der Waals surface area contributed by atoms with Crippen LogP contribution in [0, 0.1) is 5.92 Å². The van der Waals surface area contributed by atoms with Gasteiger partial charge < -0.3 is 0 Å². The summed E-state index contributed by atoms with van der Waals surface area (Å²) in [4.78, 5) is 14.2. The van der Waals surface area contributed by atoms with Crippen molar-refractivity contribution >= 4 is 8.25 Å². The summed E-state index contributed by atoms with van der Waals surface area (Å²) < 4.78 is 8.70. The molecule has 17 heavy (non-hydrogen) atoms. The molecule has 104 valence electrons. The summed E-state index contributed by atoms with van der Waals surface area (Å²) in [5, 5.41) is 0. The van der Waals surface area contributed by atoms with Crippen LogP contribution in [0.4, 0.5) is 0 Å². The molecule has 0 spiro atoms. The van der Waals surface area contributed by atoms with Crippen LogP contribution in [-0.4, -0.2) is 9.79 Å². The number of hydrogen-bond donors (Lipinski definition) is 2. The van der Waals surface area contributed by atoms with Gasteiger partial charge in [0.1, 0.15) is 0 Å². The van der Waals surface area contributed by atoms with E-state index in [0.717, 1.165) is 5.92 Å². The molecule has 4 heteroatoms. The summed E-state index contributed by atoms with van der Waals surface area (Å²) in [6.45, 7) is 6.91. The van der Waals surface area contributed by atoms with Gasteiger partial charge in [0, 0.05) is 4.57 Å². The zero-order chi connectivity index (χ0) is 13.5. The summed E-state index contributed by atoms with van der Waals surface area (Å²) >= 11 is 0. The number of rotatable bonds is 9. The van der Waals surface area contributed by atoms with Gasteiger partial charge in [-0.2, -0.15) is 0 Å². The Morgan fingerprint density at radius 1 is 0.824 bits per heavy atom. The predicted molar refractivity (Wildman–Crippen MR) is 74.1 cm³/mol. The summed E-state index contributed by atoms with van der Waals surface area (Å²) in [5.74, 6) is 1.04. The minimum atomic E-state index is -2.87. The highest BCUT2D eigenvalue weighted by molar-refractivity contribution is 7.30. The Balaban J connectivity index is 0. The quantitative estimate of drug-likeness (QED) is 0.589. The van der Waals surface area contributed by atoms with Crippen molar-refractivity contribution in [2.45, 2.75) is 78.6 Å². The molecule has 0 unspecified atom stereocenters. The Bertz CT molecular complexity index is 140. The lowest BCUT2D eigenvalue weighted by atomic mass is 9.91. The highest BCUT2D eigenvalue weighted by Crippen LogP contribution is 2.21. The van der Waals surface area contributed by atoms with E-state index in [9.17, 15) is 0 Å². The largest absolute Gasteiger partial charge is 0.692 e. The third-order valence-corrected chi connectivity index (χ3v) is 2.90. The SMILES string of the molecule is CCCCC(CCCC)CCCC.O=[P+](O)O. The molecule has 0 aromatic rings. The lowest BCUT2D eigenvalue weighted by molar-refractivity contribution is 0.382. The molecule has 0 rings (SSSR count). The van der Waals surface area contributed by atoms with Crippen LogP contribution in [0.1, 0.15) is 78.6 Å². The van der Waals surface area contributed by atoms with Crippen LogP contribution in [0.2, 0.25) is 0 Å². The van der Waals surface area contributed by atoms with Gasteiger partial charge >= 0.3 is 8.25 Å². The second-order valence-corrected chi connectivity index (χ2v) is 5.05. The normalized spacial score (nSPS) is 10.0. The van der Waals surface area contributed by atoms with Gasteiger partial charge in [-0.15, -0.1) is 9.79 Å². The van der Waals surface area contributed by atoms with Crippen LogP contribution in [0.5, 0.6) is 0 Å². The Labute approximate surface area is 108 Å². The molecule has 0 bridgehead atoms. The Morgan fingerprint density at radius 3 is 1.24 bits per heavy atom. The van der Waals surface area contributed by atoms with Crippen molar-refractivity contribution in [3.63, 3.8) is 0 Å². The van der Waals surface area contributed by atoms with Gasteiger partial charge in [0.25, 0.3) is 0 Å². The molecule has 0 radical (unpaired) electrons. The Hall–Kier alpha value is 0.0200. The van der Waals surface area contributed by atoms with Crippen LogP contribution >= 0.6 is 8.25 Å². The average Bonchev–Trinajstić information content (AvgIpc) is 2.27. The van der Waals surface area contributed by atoms with Crippen LogP contribution in [0.15, 0.2) is 0 Å². The van der Waals surface area contributed by atoms with Crippen molar-refractivity contribution in [2.24, 2.45) is 5.92 Å². The summed E-state index contributed by atoms with van der Waals surface area (Å²) in [5.41, 5.74) is 0. The van der Waals surface area contributed by atoms with E-state index in [0.29, 0.717) is 0 Å². The topological polar surface area (TPSA) is 57.5 Å². The van der Waals surface area contributed by atoms with Crippen LogP contribution < -0.4 is 0 Å². The maximum atomic E-state index is 8.70. The second kappa shape index (κ2) is 16.0. The van der Waals surface area contributed by atoms with Gasteiger partial charge in [0.15, 0.2) is 0 Å². The Kier molecular flexibility index (Phi) is 18.2. The summed E-state index contributed by atoms with van der Waals surface area (Å²) in [6, 6.07) is 0. The summed E-state index contributed by atoms with van der Waals surface area (Å²) in [7, 11) is -2.87. The monoisotopic (exact) mass is 265 g/mol. The molecule has 0 aromatic heterocycles. The third kappa shape index (κ3) is 21.8. The van der Waals surface area contributed by atoms with Crippen molar-refractivity contribution in [1.82, 2.24) is 0 Å². The molecule has 3 nitrogen and oxygen atoms in total. The lowest BCUT2D eigenvalue weighted by Gasteiger charge is -2.15. The third-order valence-electron chi connectivity index (χ3n) is 2.90. The molecule has 0 aliphatic carbocycles. The summed E-state index contributed by atoms with van der Waals surface area (Å²) in [6.07, 6.45) is 12.9. The average molecular weight is 265 g/mol. The molecule has 0 atom stereocenters. The van der Waals surface area contributed by atoms with Gasteiger partial charge in [-0.05, 0) is 5.92 Å². The first-order valence-corrected chi connectivity index (χ1v) is 8.09. The standard InChI is InChI=1S/C13H28.HO3P/c1-4-7-10-13(11-8-5-2)12-9-6-3;1-4(2)3/h13H,4-12H2,1-3H3;(H-,1,2,3)/p+1. The zero-order valence-corrected chi connectivity index (χ0v) is 12.6. The molecule has 0 fully saturated rings. The fourth-order valence-corrected chi connectivity index (χ4v) is 1.91. The van der Waals surface area contributed by atoms with E-state index in [-0.39, 0.29) is 0 Å². The second-order valence-electron chi connectivity index (χ2n) is 4.55. The fraction of sp³-hybridized carbons (Fsp3) is 1.00. The molecule has 0 amide bonds. The van der Waals surface area contributed by atoms with E-state index in [1.807, 2.05) is 0 Å². The van der Waals surface area contributed by atoms with Gasteiger partial charge in [-0.1, -0.05) is 78.6 Å². The number of hydrogen-bond acceptors (Lipinski definition) is 1. The molecule has 0 aliphatic heterocycles. The minimum Gasteiger partial charge on any atom is -0.134 e. The molecule has 0 saturated heterocycles. The smallest absolute Gasteiger partial charge is 0.134 e. The van der Waals surface area contributed by atoms with E-state index in [4.69, 9.17) is 14.4 Å². The van der Waals surface area contributed by atoms with Crippen molar-refractivity contribution in [3.8, 4) is 0 Å². The van der Waals surface area contributed by atoms with E-state index in [2.05, 4.69) is 20.8 Å². The first kappa shape index (κ1) is 19.4. The minimum absolute atomic E-state index is 1.04. The molecule has 0 heterocycles. The maximum absolute atomic E-state index is 8.70. The lowest BCUT2D eigenvalue weighted by Crippen LogP contribution is -2.00. The first-order valence-electron chi connectivity index (χ1n) is 6.93. The van der Waals surface area contributed by atoms with Gasteiger partial charge in [0.2, 0.25) is 0 Å². The van der Waals surface area contributed by atoms with Gasteiger partial charge in [-0.25, -0.2) is 0 Å². The predicted octanol–water partition coefficient (Wildman–Crippen LogP) is 4.80. The van der Waals surface area contributed by atoms with Gasteiger partial charge in [-0.3, -0.25) is 0 Å². The van der Waals surface area contributed by atoms with Crippen molar-refractivity contribution in [1.29, 1.82) is 0 Å². The van der Waals surface area contributed by atoms with Crippen molar-refractivity contribution < 1.29 is 14.4 Å². The first-order chi connectivity index (χ1) is 8.08. The molecule has 2 N–H and O–H groups in total. The van der Waals surface area contributed by atoms with Crippen LogP contribution in [0.3, 0.4) is 0 Å². The van der Waals surface area contributed by atoms with Crippen LogP contribution in [-0.2, 0) is 4.57 Å². The van der Waals surface area contributed by atoms with E-state index >= 15 is 0 Å². The van der Waals surface area contributed by atoms with Crippen molar-refractivity contribution in [2.75, 3.05) is 0 Å². The molecular formula is C13H30O3P+. The van der Waals surface area contributed by atoms with Crippen molar-refractivity contribution in [3.05, 3.63) is 0 Å². The highest BCUT2D eigenvalue weighted by Gasteiger charge is 2.06. The number of unbranched alkanes of at least 4 members (excludes halogenated alkanes) is 3. The molecular weight excluding hydrogens is 235 g/mol. The van der Waals surface area contributed by atoms with Gasteiger partial charge in [0.05, 0.1) is 0 Å². The van der Waals surface area contributed by atoms with E-state index in [1.54, 1.807) is 0 Å².